The Hall–Kier alpha value is -0.870. The molecule has 0 saturated carbocycles. The van der Waals surface area contributed by atoms with Crippen molar-refractivity contribution in [3.8, 4) is 0 Å². The number of aromatic nitrogens is 2. The third-order valence-electron chi connectivity index (χ3n) is 2.92. The van der Waals surface area contributed by atoms with E-state index < -0.39 is 0 Å². The van der Waals surface area contributed by atoms with Gasteiger partial charge in [-0.05, 0) is 33.6 Å². The maximum absolute atomic E-state index is 5.60. The highest BCUT2D eigenvalue weighted by molar-refractivity contribution is 5.04. The first-order chi connectivity index (χ1) is 8.03. The molecule has 17 heavy (non-hydrogen) atoms. The average Bonchev–Trinajstić information content (AvgIpc) is 2.86. The predicted molar refractivity (Wildman–Crippen MR) is 67.8 cm³/mol. The summed E-state index contributed by atoms with van der Waals surface area (Å²) < 4.78 is 7.60. The van der Waals surface area contributed by atoms with Gasteiger partial charge >= 0.3 is 0 Å². The summed E-state index contributed by atoms with van der Waals surface area (Å²) in [5.74, 6) is 0. The van der Waals surface area contributed by atoms with E-state index >= 15 is 0 Å². The highest BCUT2D eigenvalue weighted by atomic mass is 16.5. The Kier molecular flexibility index (Phi) is 3.84. The third-order valence-corrected chi connectivity index (χ3v) is 2.92. The molecule has 4 heteroatoms. The maximum Gasteiger partial charge on any atom is 0.0771 e. The second kappa shape index (κ2) is 5.19. The maximum atomic E-state index is 5.60. The van der Waals surface area contributed by atoms with Crippen molar-refractivity contribution in [3.05, 3.63) is 18.0 Å². The lowest BCUT2D eigenvalue weighted by Gasteiger charge is -2.19. The number of hydrogen-bond donors (Lipinski definition) is 1. The molecule has 1 aromatic heterocycles. The summed E-state index contributed by atoms with van der Waals surface area (Å²) in [6, 6.07) is 0. The van der Waals surface area contributed by atoms with Crippen LogP contribution in [0, 0.1) is 0 Å². The predicted octanol–water partition coefficient (Wildman–Crippen LogP) is 1.95. The van der Waals surface area contributed by atoms with Crippen LogP contribution < -0.4 is 5.32 Å². The fourth-order valence-corrected chi connectivity index (χ4v) is 1.96. The zero-order valence-corrected chi connectivity index (χ0v) is 11.1. The van der Waals surface area contributed by atoms with Crippen LogP contribution in [0.25, 0.3) is 0 Å². The van der Waals surface area contributed by atoms with E-state index in [9.17, 15) is 0 Å². The van der Waals surface area contributed by atoms with Gasteiger partial charge < -0.3 is 10.1 Å². The van der Waals surface area contributed by atoms with Gasteiger partial charge in [-0.1, -0.05) is 0 Å². The van der Waals surface area contributed by atoms with E-state index in [4.69, 9.17) is 4.74 Å². The van der Waals surface area contributed by atoms with E-state index in [1.165, 1.54) is 12.0 Å². The van der Waals surface area contributed by atoms with Crippen LogP contribution in [0.1, 0.15) is 39.2 Å². The zero-order valence-electron chi connectivity index (χ0n) is 11.1. The smallest absolute Gasteiger partial charge is 0.0771 e. The minimum absolute atomic E-state index is 0.149. The van der Waals surface area contributed by atoms with Gasteiger partial charge in [-0.2, -0.15) is 5.10 Å². The SMILES string of the molecule is CC(C)(C)NCc1cnn(CC2CCCO2)c1. The first-order valence-electron chi connectivity index (χ1n) is 6.41. The van der Waals surface area contributed by atoms with Crippen molar-refractivity contribution in [2.24, 2.45) is 0 Å². The summed E-state index contributed by atoms with van der Waals surface area (Å²) >= 11 is 0. The second-order valence-corrected chi connectivity index (χ2v) is 5.81. The molecule has 0 spiro atoms. The fraction of sp³-hybridized carbons (Fsp3) is 0.769. The molecular formula is C13H23N3O. The topological polar surface area (TPSA) is 39.1 Å². The van der Waals surface area contributed by atoms with Gasteiger partial charge in [0, 0.05) is 30.5 Å². The molecule has 1 fully saturated rings. The van der Waals surface area contributed by atoms with Crippen molar-refractivity contribution in [1.29, 1.82) is 0 Å². The molecule has 1 aliphatic heterocycles. The summed E-state index contributed by atoms with van der Waals surface area (Å²) in [4.78, 5) is 0. The summed E-state index contributed by atoms with van der Waals surface area (Å²) in [6.07, 6.45) is 6.76. The van der Waals surface area contributed by atoms with E-state index in [2.05, 4.69) is 37.4 Å². The monoisotopic (exact) mass is 237 g/mol. The Bertz CT molecular complexity index is 348. The molecule has 96 valence electrons. The van der Waals surface area contributed by atoms with E-state index in [1.54, 1.807) is 0 Å². The van der Waals surface area contributed by atoms with Gasteiger partial charge in [0.2, 0.25) is 0 Å². The number of ether oxygens (including phenoxy) is 1. The normalized spacial score (nSPS) is 21.0. The summed E-state index contributed by atoms with van der Waals surface area (Å²) in [5, 5.41) is 7.84. The largest absolute Gasteiger partial charge is 0.376 e. The molecule has 2 rings (SSSR count). The van der Waals surface area contributed by atoms with Crippen LogP contribution in [0.2, 0.25) is 0 Å². The molecule has 0 radical (unpaired) electrons. The van der Waals surface area contributed by atoms with Gasteiger partial charge in [0.1, 0.15) is 0 Å². The molecule has 0 amide bonds. The molecule has 1 aromatic rings. The van der Waals surface area contributed by atoms with Crippen molar-refractivity contribution in [3.63, 3.8) is 0 Å². The van der Waals surface area contributed by atoms with Crippen LogP contribution in [0.4, 0.5) is 0 Å². The Labute approximate surface area is 103 Å². The Morgan fingerprint density at radius 3 is 3.00 bits per heavy atom. The van der Waals surface area contributed by atoms with Crippen molar-refractivity contribution in [2.75, 3.05) is 6.61 Å². The van der Waals surface area contributed by atoms with Gasteiger partial charge in [0.25, 0.3) is 0 Å². The van der Waals surface area contributed by atoms with Crippen molar-refractivity contribution >= 4 is 0 Å². The quantitative estimate of drug-likeness (QED) is 0.870. The molecule has 1 unspecified atom stereocenters. The molecule has 0 aliphatic carbocycles. The van der Waals surface area contributed by atoms with E-state index in [0.29, 0.717) is 6.10 Å². The summed E-state index contributed by atoms with van der Waals surface area (Å²) in [6.45, 7) is 9.17. The number of hydrogen-bond acceptors (Lipinski definition) is 3. The number of nitrogens with zero attached hydrogens (tertiary/aromatic N) is 2. The number of nitrogens with one attached hydrogen (secondary N) is 1. The average molecular weight is 237 g/mol. The van der Waals surface area contributed by atoms with Crippen molar-refractivity contribution in [2.45, 2.75) is 58.3 Å². The molecule has 0 bridgehead atoms. The highest BCUT2D eigenvalue weighted by Crippen LogP contribution is 2.14. The van der Waals surface area contributed by atoms with Crippen molar-refractivity contribution < 1.29 is 4.74 Å². The third kappa shape index (κ3) is 4.13. The Balaban J connectivity index is 1.83. The molecular weight excluding hydrogens is 214 g/mol. The molecule has 1 N–H and O–H groups in total. The Morgan fingerprint density at radius 1 is 1.53 bits per heavy atom. The summed E-state index contributed by atoms with van der Waals surface area (Å²) in [5.41, 5.74) is 1.38. The lowest BCUT2D eigenvalue weighted by atomic mass is 10.1. The molecule has 1 atom stereocenters. The molecule has 1 aliphatic rings. The van der Waals surface area contributed by atoms with Gasteiger partial charge in [-0.25, -0.2) is 0 Å². The number of rotatable bonds is 4. The van der Waals surface area contributed by atoms with E-state index in [1.807, 2.05) is 10.9 Å². The molecule has 0 aromatic carbocycles. The minimum Gasteiger partial charge on any atom is -0.376 e. The van der Waals surface area contributed by atoms with Gasteiger partial charge in [0.15, 0.2) is 0 Å². The van der Waals surface area contributed by atoms with Gasteiger partial charge in [-0.3, -0.25) is 4.68 Å². The molecule has 2 heterocycles. The van der Waals surface area contributed by atoms with Crippen LogP contribution >= 0.6 is 0 Å². The lowest BCUT2D eigenvalue weighted by Crippen LogP contribution is -2.34. The summed E-state index contributed by atoms with van der Waals surface area (Å²) in [7, 11) is 0. The van der Waals surface area contributed by atoms with E-state index in [0.717, 1.165) is 26.1 Å². The second-order valence-electron chi connectivity index (χ2n) is 5.81. The lowest BCUT2D eigenvalue weighted by molar-refractivity contribution is 0.0940. The van der Waals surface area contributed by atoms with E-state index in [-0.39, 0.29) is 5.54 Å². The van der Waals surface area contributed by atoms with Gasteiger partial charge in [0.05, 0.1) is 18.8 Å². The van der Waals surface area contributed by atoms with Crippen LogP contribution in [-0.2, 0) is 17.8 Å². The molecule has 1 saturated heterocycles. The van der Waals surface area contributed by atoms with Gasteiger partial charge in [-0.15, -0.1) is 0 Å². The molecule has 4 nitrogen and oxygen atoms in total. The minimum atomic E-state index is 0.149. The van der Waals surface area contributed by atoms with Crippen LogP contribution in [0.5, 0.6) is 0 Å². The van der Waals surface area contributed by atoms with Crippen molar-refractivity contribution in [1.82, 2.24) is 15.1 Å². The zero-order chi connectivity index (χ0) is 12.3. The van der Waals surface area contributed by atoms with Crippen LogP contribution in [0.3, 0.4) is 0 Å². The first kappa shape index (κ1) is 12.6. The van der Waals surface area contributed by atoms with Crippen LogP contribution in [0.15, 0.2) is 12.4 Å². The standard InChI is InChI=1S/C13H23N3O/c1-13(2,3)14-7-11-8-15-16(9-11)10-12-5-4-6-17-12/h8-9,12,14H,4-7,10H2,1-3H3. The Morgan fingerprint density at radius 2 is 2.35 bits per heavy atom. The first-order valence-corrected chi connectivity index (χ1v) is 6.41. The van der Waals surface area contributed by atoms with Crippen LogP contribution in [-0.4, -0.2) is 28.0 Å². The fourth-order valence-electron chi connectivity index (χ4n) is 1.96. The highest BCUT2D eigenvalue weighted by Gasteiger charge is 2.16.